The van der Waals surface area contributed by atoms with Crippen molar-refractivity contribution in [3.8, 4) is 23.0 Å². The van der Waals surface area contributed by atoms with E-state index in [-0.39, 0.29) is 49.7 Å². The predicted octanol–water partition coefficient (Wildman–Crippen LogP) is 10.3. The average molecular weight is 761 g/mol. The SMILES string of the molecule is C.C[S+](C)c1ccc(O)cc1.O=[N+]([O-])c1ccc(O)cc1.Oc1c(Cl)c(Cl)c(Cl)c(Cl)c1Cl.Oc1c(F)c(F)c(F)c(F)c1F. The lowest BCUT2D eigenvalue weighted by Crippen LogP contribution is -2.00. The fourth-order valence-corrected chi connectivity index (χ4v) is 4.29. The zero-order valence-corrected chi connectivity index (χ0v) is 26.5. The first-order chi connectivity index (χ1) is 20.3. The summed E-state index contributed by atoms with van der Waals surface area (Å²) in [6.07, 6.45) is 4.32. The number of nitro groups is 1. The Morgan fingerprint density at radius 1 is 0.578 bits per heavy atom. The molecule has 0 spiro atoms. The average Bonchev–Trinajstić information content (AvgIpc) is 3.00. The fourth-order valence-electron chi connectivity index (χ4n) is 2.48. The third-order valence-corrected chi connectivity index (χ3v) is 8.21. The van der Waals surface area contributed by atoms with E-state index in [9.17, 15) is 37.2 Å². The molecule has 0 aliphatic heterocycles. The highest BCUT2D eigenvalue weighted by molar-refractivity contribution is 7.95. The molecule has 45 heavy (non-hydrogen) atoms. The van der Waals surface area contributed by atoms with E-state index >= 15 is 0 Å². The highest BCUT2D eigenvalue weighted by atomic mass is 35.5. The number of hydrogen-bond acceptors (Lipinski definition) is 6. The number of aromatic hydroxyl groups is 4. The molecule has 0 heterocycles. The van der Waals surface area contributed by atoms with Gasteiger partial charge in [-0.3, -0.25) is 10.1 Å². The highest BCUT2D eigenvalue weighted by Crippen LogP contribution is 2.47. The van der Waals surface area contributed by atoms with Gasteiger partial charge in [0, 0.05) is 23.0 Å². The van der Waals surface area contributed by atoms with Crippen LogP contribution >= 0.6 is 58.0 Å². The molecule has 0 atom stereocenters. The summed E-state index contributed by atoms with van der Waals surface area (Å²) in [6, 6.07) is 12.4. The summed E-state index contributed by atoms with van der Waals surface area (Å²) < 4.78 is 60.6. The number of nitrogens with zero attached hydrogens (tertiary/aromatic N) is 1. The Kier molecular flexibility index (Phi) is 17.5. The summed E-state index contributed by atoms with van der Waals surface area (Å²) in [5.74, 6) is -12.9. The van der Waals surface area contributed by atoms with E-state index in [1.54, 1.807) is 12.1 Å². The number of nitro benzene ring substituents is 1. The molecule has 18 heteroatoms. The van der Waals surface area contributed by atoms with Crippen LogP contribution in [0.4, 0.5) is 27.6 Å². The lowest BCUT2D eigenvalue weighted by Gasteiger charge is -2.06. The van der Waals surface area contributed by atoms with Crippen LogP contribution in [0.2, 0.25) is 25.1 Å². The summed E-state index contributed by atoms with van der Waals surface area (Å²) in [4.78, 5) is 10.8. The fraction of sp³-hybridized carbons (Fsp3) is 0.111. The molecule has 4 aromatic carbocycles. The van der Waals surface area contributed by atoms with Crippen LogP contribution in [0.5, 0.6) is 23.0 Å². The molecule has 0 amide bonds. The zero-order chi connectivity index (χ0) is 34.0. The monoisotopic (exact) mass is 758 g/mol. The molecule has 7 nitrogen and oxygen atoms in total. The molecule has 0 radical (unpaired) electrons. The maximum Gasteiger partial charge on any atom is 0.269 e. The van der Waals surface area contributed by atoms with Gasteiger partial charge in [0.1, 0.15) is 34.1 Å². The van der Waals surface area contributed by atoms with Crippen LogP contribution in [-0.2, 0) is 10.9 Å². The van der Waals surface area contributed by atoms with Crippen molar-refractivity contribution < 1.29 is 47.3 Å². The predicted molar refractivity (Wildman–Crippen MR) is 168 cm³/mol. The van der Waals surface area contributed by atoms with E-state index < -0.39 is 39.8 Å². The van der Waals surface area contributed by atoms with Gasteiger partial charge in [-0.25, -0.2) is 13.2 Å². The number of phenols is 4. The molecule has 246 valence electrons. The maximum absolute atomic E-state index is 12.2. The quantitative estimate of drug-likeness (QED) is 0.0403. The van der Waals surface area contributed by atoms with Gasteiger partial charge in [0.05, 0.1) is 20.0 Å². The van der Waals surface area contributed by atoms with Crippen LogP contribution < -0.4 is 0 Å². The van der Waals surface area contributed by atoms with Crippen molar-refractivity contribution in [2.75, 3.05) is 12.5 Å². The first-order valence-corrected chi connectivity index (χ1v) is 15.0. The van der Waals surface area contributed by atoms with E-state index in [0.29, 0.717) is 16.6 Å². The van der Waals surface area contributed by atoms with Crippen molar-refractivity contribution in [3.63, 3.8) is 0 Å². The molecule has 4 rings (SSSR count). The highest BCUT2D eigenvalue weighted by Gasteiger charge is 2.25. The van der Waals surface area contributed by atoms with Crippen LogP contribution in [-0.4, -0.2) is 37.9 Å². The zero-order valence-electron chi connectivity index (χ0n) is 21.9. The van der Waals surface area contributed by atoms with Crippen molar-refractivity contribution in [3.05, 3.63) is 113 Å². The van der Waals surface area contributed by atoms with Crippen LogP contribution in [0, 0.1) is 39.2 Å². The van der Waals surface area contributed by atoms with Crippen LogP contribution in [0.3, 0.4) is 0 Å². The Balaban J connectivity index is 0.000000571. The van der Waals surface area contributed by atoms with Gasteiger partial charge < -0.3 is 20.4 Å². The third-order valence-electron chi connectivity index (χ3n) is 4.74. The van der Waals surface area contributed by atoms with Gasteiger partial charge in [-0.05, 0) is 36.4 Å². The van der Waals surface area contributed by atoms with Crippen molar-refractivity contribution in [1.82, 2.24) is 0 Å². The van der Waals surface area contributed by atoms with E-state index in [0.717, 1.165) is 0 Å². The minimum absolute atomic E-state index is 0. The maximum atomic E-state index is 12.2. The summed E-state index contributed by atoms with van der Waals surface area (Å²) in [5, 5.41) is 45.0. The number of halogens is 10. The molecule has 0 aliphatic carbocycles. The van der Waals surface area contributed by atoms with Gasteiger partial charge in [-0.2, -0.15) is 8.78 Å². The second kappa shape index (κ2) is 18.8. The number of rotatable bonds is 2. The number of benzene rings is 4. The Morgan fingerprint density at radius 3 is 1.22 bits per heavy atom. The molecule has 0 aliphatic rings. The molecule has 4 N–H and O–H groups in total. The van der Waals surface area contributed by atoms with E-state index in [2.05, 4.69) is 12.5 Å². The second-order valence-electron chi connectivity index (χ2n) is 7.92. The van der Waals surface area contributed by atoms with Gasteiger partial charge in [0.15, 0.2) is 16.4 Å². The Hall–Kier alpha value is -3.07. The minimum atomic E-state index is -2.29. The Bertz CT molecular complexity index is 1340. The summed E-state index contributed by atoms with van der Waals surface area (Å²) >= 11 is 27.9. The van der Waals surface area contributed by atoms with Crippen LogP contribution in [0.25, 0.3) is 0 Å². The van der Waals surface area contributed by atoms with Crippen molar-refractivity contribution >= 4 is 74.6 Å². The lowest BCUT2D eigenvalue weighted by atomic mass is 10.3. The molecular formula is C27H22Cl5F5NO6S+. The van der Waals surface area contributed by atoms with Gasteiger partial charge in [0.2, 0.25) is 29.1 Å². The van der Waals surface area contributed by atoms with Crippen LogP contribution in [0.1, 0.15) is 7.43 Å². The molecule has 0 saturated heterocycles. The first kappa shape index (κ1) is 41.9. The molecule has 4 aromatic rings. The van der Waals surface area contributed by atoms with Crippen molar-refractivity contribution in [2.24, 2.45) is 0 Å². The molecule has 0 fully saturated rings. The Morgan fingerprint density at radius 2 is 0.889 bits per heavy atom. The largest absolute Gasteiger partial charge is 0.508 e. The molecule has 0 unspecified atom stereocenters. The standard InChI is InChI=1S/C8H10OS.C6HCl5O.C6HF5O.C6H5NO3.CH4/c1-10(2)8-5-3-7(9)4-6-8;2*7-1-2(8)4(10)6(12)5(11)3(1)9;8-6-3-1-5(2-4-6)7(9)10;/h3-6H,1-2H3;2*12H;1-4,8H;1H4/p+1. The number of non-ortho nitro benzene ring substituents is 1. The second-order valence-corrected chi connectivity index (χ2v) is 11.9. The molecular weight excluding hydrogens is 739 g/mol. The van der Waals surface area contributed by atoms with Gasteiger partial charge in [-0.1, -0.05) is 65.4 Å². The van der Waals surface area contributed by atoms with E-state index in [4.69, 9.17) is 73.3 Å². The van der Waals surface area contributed by atoms with Crippen molar-refractivity contribution in [1.29, 1.82) is 0 Å². The topological polar surface area (TPSA) is 124 Å². The van der Waals surface area contributed by atoms with Gasteiger partial charge in [0.25, 0.3) is 5.69 Å². The van der Waals surface area contributed by atoms with E-state index in [1.807, 2.05) is 12.1 Å². The summed E-state index contributed by atoms with van der Waals surface area (Å²) in [6.45, 7) is 0. The van der Waals surface area contributed by atoms with E-state index in [1.165, 1.54) is 29.2 Å². The van der Waals surface area contributed by atoms with Gasteiger partial charge >= 0.3 is 0 Å². The normalized spacial score (nSPS) is 9.89. The lowest BCUT2D eigenvalue weighted by molar-refractivity contribution is -0.384. The molecule has 0 bridgehead atoms. The first-order valence-electron chi connectivity index (χ1n) is 11.0. The minimum Gasteiger partial charge on any atom is -0.508 e. The summed E-state index contributed by atoms with van der Waals surface area (Å²) in [5.41, 5.74) is -0.0159. The molecule has 0 aromatic heterocycles. The smallest absolute Gasteiger partial charge is 0.269 e. The van der Waals surface area contributed by atoms with Crippen molar-refractivity contribution in [2.45, 2.75) is 12.3 Å². The number of hydrogen-bond donors (Lipinski definition) is 4. The molecule has 0 saturated carbocycles. The third kappa shape index (κ3) is 11.7. The van der Waals surface area contributed by atoms with Gasteiger partial charge in [-0.15, -0.1) is 0 Å². The van der Waals surface area contributed by atoms with Crippen LogP contribution in [0.15, 0.2) is 53.4 Å². The Labute approximate surface area is 281 Å². The summed E-state index contributed by atoms with van der Waals surface area (Å²) in [7, 11) is 0.302. The number of phenolic OH excluding ortho intramolecular Hbond substituents is 4.